The first-order valence-corrected chi connectivity index (χ1v) is 8.57. The molecule has 0 spiro atoms. The van der Waals surface area contributed by atoms with Gasteiger partial charge in [0.15, 0.2) is 5.78 Å². The van der Waals surface area contributed by atoms with E-state index in [0.29, 0.717) is 12.6 Å². The smallest absolute Gasteiger partial charge is 0.179 e. The highest BCUT2D eigenvalue weighted by Gasteiger charge is 2.25. The summed E-state index contributed by atoms with van der Waals surface area (Å²) in [6.45, 7) is 5.75. The predicted molar refractivity (Wildman–Crippen MR) is 93.4 cm³/mol. The molecule has 0 saturated carbocycles. The third kappa shape index (κ3) is 3.13. The molecule has 1 N–H and O–H groups in total. The van der Waals surface area contributed by atoms with E-state index < -0.39 is 0 Å². The van der Waals surface area contributed by atoms with Gasteiger partial charge in [-0.2, -0.15) is 0 Å². The van der Waals surface area contributed by atoms with Crippen LogP contribution in [0.1, 0.15) is 48.7 Å². The third-order valence-electron chi connectivity index (χ3n) is 5.04. The lowest BCUT2D eigenvalue weighted by Crippen LogP contribution is -2.42. The number of rotatable bonds is 5. The van der Waals surface area contributed by atoms with Gasteiger partial charge in [0, 0.05) is 28.2 Å². The summed E-state index contributed by atoms with van der Waals surface area (Å²) in [5.41, 5.74) is 2.76. The van der Waals surface area contributed by atoms with Gasteiger partial charge in [-0.1, -0.05) is 13.3 Å². The van der Waals surface area contributed by atoms with Gasteiger partial charge in [0.05, 0.1) is 13.7 Å². The van der Waals surface area contributed by atoms with Crippen LogP contribution >= 0.6 is 0 Å². The van der Waals surface area contributed by atoms with E-state index in [4.69, 9.17) is 4.74 Å². The van der Waals surface area contributed by atoms with E-state index in [-0.39, 0.29) is 5.78 Å². The molecule has 124 valence electrons. The van der Waals surface area contributed by atoms with Gasteiger partial charge in [-0.3, -0.25) is 9.69 Å². The van der Waals surface area contributed by atoms with Gasteiger partial charge >= 0.3 is 0 Å². The molecular weight excluding hydrogens is 288 g/mol. The van der Waals surface area contributed by atoms with Gasteiger partial charge in [-0.25, -0.2) is 0 Å². The van der Waals surface area contributed by atoms with E-state index in [1.54, 1.807) is 7.11 Å². The van der Waals surface area contributed by atoms with Gasteiger partial charge in [0.1, 0.15) is 5.75 Å². The number of benzene rings is 1. The van der Waals surface area contributed by atoms with E-state index in [0.717, 1.165) is 40.9 Å². The summed E-state index contributed by atoms with van der Waals surface area (Å²) in [6, 6.07) is 6.41. The number of methoxy groups -OCH3 is 1. The van der Waals surface area contributed by atoms with E-state index in [1.165, 1.54) is 19.3 Å². The number of hydrogen-bond acceptors (Lipinski definition) is 3. The minimum absolute atomic E-state index is 0.211. The number of ether oxygens (including phenoxy) is 1. The molecule has 23 heavy (non-hydrogen) atoms. The van der Waals surface area contributed by atoms with Crippen LogP contribution in [0.4, 0.5) is 0 Å². The zero-order chi connectivity index (χ0) is 16.4. The number of carbonyl (C=O) groups is 1. The summed E-state index contributed by atoms with van der Waals surface area (Å²) in [4.78, 5) is 18.7. The lowest BCUT2D eigenvalue weighted by Gasteiger charge is -2.34. The van der Waals surface area contributed by atoms with Crippen LogP contribution in [-0.4, -0.2) is 41.9 Å². The van der Waals surface area contributed by atoms with Gasteiger partial charge in [-0.15, -0.1) is 0 Å². The normalized spacial score (nSPS) is 19.2. The van der Waals surface area contributed by atoms with Crippen LogP contribution in [0.15, 0.2) is 18.2 Å². The number of Topliss-reactive ketones (excluding diaryl/α,β-unsaturated/α-hetero) is 1. The number of hydrogen-bond donors (Lipinski definition) is 1. The molecule has 0 aliphatic carbocycles. The van der Waals surface area contributed by atoms with Crippen molar-refractivity contribution in [3.05, 3.63) is 29.5 Å². The Bertz CT molecular complexity index is 705. The number of ketones is 1. The van der Waals surface area contributed by atoms with Gasteiger partial charge in [0.2, 0.25) is 0 Å². The molecule has 0 radical (unpaired) electrons. The van der Waals surface area contributed by atoms with Gasteiger partial charge in [0.25, 0.3) is 0 Å². The number of likely N-dealkylation sites (tertiary alicyclic amines) is 1. The Morgan fingerprint density at radius 1 is 1.39 bits per heavy atom. The van der Waals surface area contributed by atoms with Crippen LogP contribution < -0.4 is 4.74 Å². The fourth-order valence-electron chi connectivity index (χ4n) is 3.79. The average molecular weight is 314 g/mol. The van der Waals surface area contributed by atoms with Crippen molar-refractivity contribution in [3.8, 4) is 5.75 Å². The number of piperidine rings is 1. The summed E-state index contributed by atoms with van der Waals surface area (Å²) in [5.74, 6) is 0.998. The maximum atomic E-state index is 13.0. The molecule has 1 aromatic heterocycles. The highest BCUT2D eigenvalue weighted by molar-refractivity contribution is 6.10. The average Bonchev–Trinajstić information content (AvgIpc) is 2.90. The van der Waals surface area contributed by atoms with Crippen LogP contribution in [0, 0.1) is 6.92 Å². The summed E-state index contributed by atoms with van der Waals surface area (Å²) in [5, 5.41) is 0.969. The molecule has 4 heteroatoms. The molecule has 1 aliphatic heterocycles. The first-order chi connectivity index (χ1) is 11.1. The van der Waals surface area contributed by atoms with Crippen LogP contribution in [0.3, 0.4) is 0 Å². The van der Waals surface area contributed by atoms with Crippen molar-refractivity contribution in [1.82, 2.24) is 9.88 Å². The highest BCUT2D eigenvalue weighted by Crippen LogP contribution is 2.28. The number of fused-ring (bicyclic) bond motifs is 1. The summed E-state index contributed by atoms with van der Waals surface area (Å²) >= 11 is 0. The lowest BCUT2D eigenvalue weighted by atomic mass is 9.98. The summed E-state index contributed by atoms with van der Waals surface area (Å²) < 4.78 is 5.32. The fraction of sp³-hybridized carbons (Fsp3) is 0.526. The van der Waals surface area contributed by atoms with Crippen molar-refractivity contribution in [2.24, 2.45) is 0 Å². The first-order valence-electron chi connectivity index (χ1n) is 8.57. The third-order valence-corrected chi connectivity index (χ3v) is 5.04. The molecule has 3 rings (SSSR count). The zero-order valence-corrected chi connectivity index (χ0v) is 14.3. The molecule has 2 aromatic rings. The summed E-state index contributed by atoms with van der Waals surface area (Å²) in [6.07, 6.45) is 4.81. The SMILES string of the molecule is CC[C@@H]1CCCCN1CC(=O)c1c(C)[nH]c2ccc(OC)cc12. The Kier molecular flexibility index (Phi) is 4.71. The van der Waals surface area contributed by atoms with Crippen molar-refractivity contribution in [2.75, 3.05) is 20.2 Å². The minimum atomic E-state index is 0.211. The Balaban J connectivity index is 1.89. The Morgan fingerprint density at radius 3 is 2.96 bits per heavy atom. The molecule has 1 atom stereocenters. The number of nitrogens with zero attached hydrogens (tertiary/aromatic N) is 1. The molecular formula is C19H26N2O2. The number of aromatic nitrogens is 1. The maximum absolute atomic E-state index is 13.0. The number of aryl methyl sites for hydroxylation is 1. The van der Waals surface area contributed by atoms with E-state index >= 15 is 0 Å². The standard InChI is InChI=1S/C19H26N2O2/c1-4-14-7-5-6-10-21(14)12-18(22)19-13(2)20-17-9-8-15(23-3)11-16(17)19/h8-9,11,14,20H,4-7,10,12H2,1-3H3/t14-/m1/s1. The minimum Gasteiger partial charge on any atom is -0.497 e. The molecule has 0 amide bonds. The van der Waals surface area contributed by atoms with Crippen molar-refractivity contribution < 1.29 is 9.53 Å². The Labute approximate surface area is 137 Å². The predicted octanol–water partition coefficient (Wildman–Crippen LogP) is 3.93. The molecule has 1 aliphatic rings. The van der Waals surface area contributed by atoms with Crippen molar-refractivity contribution in [3.63, 3.8) is 0 Å². The maximum Gasteiger partial charge on any atom is 0.179 e. The second-order valence-corrected chi connectivity index (χ2v) is 6.49. The van der Waals surface area contributed by atoms with Crippen molar-refractivity contribution in [1.29, 1.82) is 0 Å². The largest absolute Gasteiger partial charge is 0.497 e. The molecule has 0 bridgehead atoms. The quantitative estimate of drug-likeness (QED) is 0.850. The van der Waals surface area contributed by atoms with Crippen LogP contribution in [-0.2, 0) is 0 Å². The molecule has 2 heterocycles. The molecule has 1 fully saturated rings. The molecule has 1 saturated heterocycles. The van der Waals surface area contributed by atoms with Crippen molar-refractivity contribution in [2.45, 2.75) is 45.6 Å². The summed E-state index contributed by atoms with van der Waals surface area (Å²) in [7, 11) is 1.65. The lowest BCUT2D eigenvalue weighted by molar-refractivity contribution is 0.0839. The number of aromatic amines is 1. The first kappa shape index (κ1) is 16.1. The van der Waals surface area contributed by atoms with E-state index in [9.17, 15) is 4.79 Å². The number of H-pyrrole nitrogens is 1. The van der Waals surface area contributed by atoms with Gasteiger partial charge in [-0.05, 0) is 50.9 Å². The molecule has 1 aromatic carbocycles. The Hall–Kier alpha value is -1.81. The van der Waals surface area contributed by atoms with E-state index in [2.05, 4.69) is 16.8 Å². The highest BCUT2D eigenvalue weighted by atomic mass is 16.5. The molecule has 4 nitrogen and oxygen atoms in total. The van der Waals surface area contributed by atoms with Crippen molar-refractivity contribution >= 4 is 16.7 Å². The number of nitrogens with one attached hydrogen (secondary N) is 1. The second-order valence-electron chi connectivity index (χ2n) is 6.49. The zero-order valence-electron chi connectivity index (χ0n) is 14.3. The topological polar surface area (TPSA) is 45.3 Å². The van der Waals surface area contributed by atoms with Crippen LogP contribution in [0.2, 0.25) is 0 Å². The fourth-order valence-corrected chi connectivity index (χ4v) is 3.79. The van der Waals surface area contributed by atoms with Gasteiger partial charge < -0.3 is 9.72 Å². The van der Waals surface area contributed by atoms with Crippen LogP contribution in [0.5, 0.6) is 5.75 Å². The second kappa shape index (κ2) is 6.75. The monoisotopic (exact) mass is 314 g/mol. The number of carbonyl (C=O) groups excluding carboxylic acids is 1. The van der Waals surface area contributed by atoms with E-state index in [1.807, 2.05) is 25.1 Å². The Morgan fingerprint density at radius 2 is 2.22 bits per heavy atom. The molecule has 0 unspecified atom stereocenters. The van der Waals surface area contributed by atoms with Crippen LogP contribution in [0.25, 0.3) is 10.9 Å².